The molecule has 1 rings (SSSR count). The molecule has 1 aromatic carbocycles. The van der Waals surface area contributed by atoms with Crippen LogP contribution in [0.2, 0.25) is 0 Å². The summed E-state index contributed by atoms with van der Waals surface area (Å²) in [5.41, 5.74) is 0.417. The molecule has 0 amide bonds. The van der Waals surface area contributed by atoms with Gasteiger partial charge < -0.3 is 14.4 Å². The van der Waals surface area contributed by atoms with Crippen LogP contribution in [0.1, 0.15) is 0 Å². The summed E-state index contributed by atoms with van der Waals surface area (Å²) < 4.78 is 46.7. The van der Waals surface area contributed by atoms with E-state index >= 15 is 0 Å². The zero-order valence-electron chi connectivity index (χ0n) is 9.84. The number of ether oxygens (including phenoxy) is 2. The Morgan fingerprint density at radius 1 is 1.12 bits per heavy atom. The Balaban J connectivity index is 2.92. The van der Waals surface area contributed by atoms with Gasteiger partial charge in [0, 0.05) is 18.8 Å². The molecule has 6 heteroatoms. The smallest absolute Gasteiger partial charge is 0.405 e. The third-order valence-corrected chi connectivity index (χ3v) is 2.22. The summed E-state index contributed by atoms with van der Waals surface area (Å²) in [6.45, 7) is -1.01. The molecule has 0 aliphatic heterocycles. The number of nitrogens with zero attached hydrogens (tertiary/aromatic N) is 1. The molecule has 0 saturated carbocycles. The molecule has 0 atom stereocenters. The topological polar surface area (TPSA) is 21.7 Å². The standard InChI is InChI=1S/C11H14F3NO2/c1-15(7-11(12,13)14)8-4-5-9(16-2)10(6-8)17-3/h4-6H,7H2,1-3H3. The van der Waals surface area contributed by atoms with Gasteiger partial charge in [0.2, 0.25) is 0 Å². The normalized spacial score (nSPS) is 11.2. The van der Waals surface area contributed by atoms with E-state index in [0.717, 1.165) is 4.90 Å². The number of halogens is 3. The van der Waals surface area contributed by atoms with Crippen molar-refractivity contribution in [1.82, 2.24) is 0 Å². The largest absolute Gasteiger partial charge is 0.493 e. The van der Waals surface area contributed by atoms with Crippen molar-refractivity contribution in [1.29, 1.82) is 0 Å². The van der Waals surface area contributed by atoms with Crippen LogP contribution < -0.4 is 14.4 Å². The van der Waals surface area contributed by atoms with Crippen LogP contribution in [-0.4, -0.2) is 34.0 Å². The summed E-state index contributed by atoms with van der Waals surface area (Å²) in [6.07, 6.45) is -4.23. The van der Waals surface area contributed by atoms with E-state index in [1.165, 1.54) is 27.3 Å². The minimum Gasteiger partial charge on any atom is -0.493 e. The maximum Gasteiger partial charge on any atom is 0.405 e. The molecule has 0 aromatic heterocycles. The molecule has 3 nitrogen and oxygen atoms in total. The summed E-state index contributed by atoms with van der Waals surface area (Å²) in [5.74, 6) is 0.885. The molecule has 0 saturated heterocycles. The second-order valence-corrected chi connectivity index (χ2v) is 3.51. The van der Waals surface area contributed by atoms with Gasteiger partial charge >= 0.3 is 6.18 Å². The zero-order chi connectivity index (χ0) is 13.1. The first-order chi connectivity index (χ1) is 7.87. The van der Waals surface area contributed by atoms with Crippen molar-refractivity contribution in [2.24, 2.45) is 0 Å². The third-order valence-electron chi connectivity index (χ3n) is 2.22. The van der Waals surface area contributed by atoms with E-state index in [9.17, 15) is 13.2 Å². The highest BCUT2D eigenvalue weighted by Gasteiger charge is 2.29. The molecule has 17 heavy (non-hydrogen) atoms. The SMILES string of the molecule is COc1ccc(N(C)CC(F)(F)F)cc1OC. The van der Waals surface area contributed by atoms with Gasteiger partial charge in [-0.25, -0.2) is 0 Å². The number of hydrogen-bond donors (Lipinski definition) is 0. The van der Waals surface area contributed by atoms with Crippen LogP contribution in [0.25, 0.3) is 0 Å². The highest BCUT2D eigenvalue weighted by Crippen LogP contribution is 2.32. The fourth-order valence-electron chi connectivity index (χ4n) is 1.42. The summed E-state index contributed by atoms with van der Waals surface area (Å²) in [5, 5.41) is 0. The molecule has 0 aliphatic rings. The second-order valence-electron chi connectivity index (χ2n) is 3.51. The van der Waals surface area contributed by atoms with Gasteiger partial charge in [0.25, 0.3) is 0 Å². The van der Waals surface area contributed by atoms with Gasteiger partial charge in [0.15, 0.2) is 11.5 Å². The predicted octanol–water partition coefficient (Wildman–Crippen LogP) is 2.70. The Kier molecular flexibility index (Phi) is 4.09. The number of anilines is 1. The van der Waals surface area contributed by atoms with Gasteiger partial charge in [0.05, 0.1) is 14.2 Å². The average Bonchev–Trinajstić information content (AvgIpc) is 2.25. The third kappa shape index (κ3) is 3.72. The quantitative estimate of drug-likeness (QED) is 0.819. The van der Waals surface area contributed by atoms with E-state index in [1.807, 2.05) is 0 Å². The van der Waals surface area contributed by atoms with Crippen molar-refractivity contribution in [2.75, 3.05) is 32.7 Å². The molecule has 0 aliphatic carbocycles. The van der Waals surface area contributed by atoms with Crippen molar-refractivity contribution in [3.8, 4) is 11.5 Å². The molecule has 0 N–H and O–H groups in total. The lowest BCUT2D eigenvalue weighted by Crippen LogP contribution is -2.30. The van der Waals surface area contributed by atoms with Crippen molar-refractivity contribution < 1.29 is 22.6 Å². The molecular formula is C11H14F3NO2. The molecule has 0 spiro atoms. The highest BCUT2D eigenvalue weighted by molar-refractivity contribution is 5.56. The van der Waals surface area contributed by atoms with Gasteiger partial charge in [-0.3, -0.25) is 0 Å². The first kappa shape index (κ1) is 13.5. The lowest BCUT2D eigenvalue weighted by Gasteiger charge is -2.21. The molecule has 0 radical (unpaired) electrons. The second kappa shape index (κ2) is 5.16. The Morgan fingerprint density at radius 2 is 1.71 bits per heavy atom. The lowest BCUT2D eigenvalue weighted by molar-refractivity contribution is -0.119. The van der Waals surface area contributed by atoms with Crippen LogP contribution >= 0.6 is 0 Å². The van der Waals surface area contributed by atoms with E-state index in [0.29, 0.717) is 17.2 Å². The van der Waals surface area contributed by atoms with Crippen LogP contribution in [0.5, 0.6) is 11.5 Å². The molecule has 0 fully saturated rings. The van der Waals surface area contributed by atoms with Gasteiger partial charge in [-0.1, -0.05) is 0 Å². The van der Waals surface area contributed by atoms with Crippen LogP contribution in [0.4, 0.5) is 18.9 Å². The number of rotatable bonds is 4. The Labute approximate surface area is 97.7 Å². The van der Waals surface area contributed by atoms with E-state index in [-0.39, 0.29) is 0 Å². The molecule has 1 aromatic rings. The molecule has 96 valence electrons. The van der Waals surface area contributed by atoms with Crippen molar-refractivity contribution in [3.63, 3.8) is 0 Å². The predicted molar refractivity (Wildman–Crippen MR) is 58.9 cm³/mol. The monoisotopic (exact) mass is 249 g/mol. The summed E-state index contributed by atoms with van der Waals surface area (Å²) in [4.78, 5) is 1.10. The van der Waals surface area contributed by atoms with E-state index in [2.05, 4.69) is 0 Å². The highest BCUT2D eigenvalue weighted by atomic mass is 19.4. The van der Waals surface area contributed by atoms with Crippen molar-refractivity contribution >= 4 is 5.69 Å². The van der Waals surface area contributed by atoms with Gasteiger partial charge in [-0.15, -0.1) is 0 Å². The molecule has 0 unspecified atom stereocenters. The van der Waals surface area contributed by atoms with Gasteiger partial charge in [-0.2, -0.15) is 13.2 Å². The molecular weight excluding hydrogens is 235 g/mol. The van der Waals surface area contributed by atoms with E-state index < -0.39 is 12.7 Å². The zero-order valence-corrected chi connectivity index (χ0v) is 9.84. The lowest BCUT2D eigenvalue weighted by atomic mass is 10.2. The average molecular weight is 249 g/mol. The first-order valence-electron chi connectivity index (χ1n) is 4.87. The van der Waals surface area contributed by atoms with Crippen LogP contribution in [0, 0.1) is 0 Å². The Hall–Kier alpha value is -1.59. The van der Waals surface area contributed by atoms with Crippen LogP contribution in [0.3, 0.4) is 0 Å². The Bertz CT molecular complexity index is 379. The number of alkyl halides is 3. The minimum atomic E-state index is -4.23. The minimum absolute atomic E-state index is 0.402. The molecule has 0 heterocycles. The van der Waals surface area contributed by atoms with Crippen LogP contribution in [-0.2, 0) is 0 Å². The van der Waals surface area contributed by atoms with Gasteiger partial charge in [0.1, 0.15) is 6.54 Å². The Morgan fingerprint density at radius 3 is 2.18 bits per heavy atom. The summed E-state index contributed by atoms with van der Waals surface area (Å²) in [6, 6.07) is 4.62. The number of methoxy groups -OCH3 is 2. The summed E-state index contributed by atoms with van der Waals surface area (Å²) >= 11 is 0. The number of benzene rings is 1. The number of hydrogen-bond acceptors (Lipinski definition) is 3. The van der Waals surface area contributed by atoms with E-state index in [1.54, 1.807) is 12.1 Å². The molecule has 0 bridgehead atoms. The fourth-order valence-corrected chi connectivity index (χ4v) is 1.42. The van der Waals surface area contributed by atoms with Crippen LogP contribution in [0.15, 0.2) is 18.2 Å². The fraction of sp³-hybridized carbons (Fsp3) is 0.455. The van der Waals surface area contributed by atoms with Crippen molar-refractivity contribution in [2.45, 2.75) is 6.18 Å². The maximum absolute atomic E-state index is 12.2. The van der Waals surface area contributed by atoms with Crippen molar-refractivity contribution in [3.05, 3.63) is 18.2 Å². The first-order valence-corrected chi connectivity index (χ1v) is 4.87. The van der Waals surface area contributed by atoms with E-state index in [4.69, 9.17) is 9.47 Å². The van der Waals surface area contributed by atoms with Gasteiger partial charge in [-0.05, 0) is 12.1 Å². The maximum atomic E-state index is 12.2. The summed E-state index contributed by atoms with van der Waals surface area (Å²) in [7, 11) is 4.27.